The van der Waals surface area contributed by atoms with E-state index in [2.05, 4.69) is 91.0 Å². The summed E-state index contributed by atoms with van der Waals surface area (Å²) in [4.78, 5) is 11.3. The number of rotatable bonds is 6. The maximum absolute atomic E-state index is 11.3. The molecule has 3 aromatic rings. The summed E-state index contributed by atoms with van der Waals surface area (Å²) >= 11 is 0. The first kappa shape index (κ1) is 18.9. The van der Waals surface area contributed by atoms with Crippen molar-refractivity contribution < 1.29 is 4.79 Å². The molecule has 0 bridgehead atoms. The first-order valence-electron chi connectivity index (χ1n) is 10.5. The van der Waals surface area contributed by atoms with E-state index in [1.807, 2.05) is 0 Å². The number of benzene rings is 3. The fraction of sp³-hybridized carbons (Fsp3) is 0.269. The second-order valence-electron chi connectivity index (χ2n) is 8.06. The summed E-state index contributed by atoms with van der Waals surface area (Å²) in [6.07, 6.45) is 6.70. The Bertz CT molecular complexity index is 775. The van der Waals surface area contributed by atoms with E-state index in [-0.39, 0.29) is 5.92 Å². The third-order valence-corrected chi connectivity index (χ3v) is 11.0. The van der Waals surface area contributed by atoms with Crippen LogP contribution in [0.3, 0.4) is 0 Å². The van der Waals surface area contributed by atoms with Crippen molar-refractivity contribution in [1.29, 1.82) is 0 Å². The topological polar surface area (TPSA) is 17.1 Å². The molecule has 0 radical (unpaired) electrons. The van der Waals surface area contributed by atoms with Gasteiger partial charge in [0.2, 0.25) is 0 Å². The van der Waals surface area contributed by atoms with E-state index in [0.717, 1.165) is 18.8 Å². The van der Waals surface area contributed by atoms with E-state index in [1.165, 1.54) is 34.8 Å². The van der Waals surface area contributed by atoms with Crippen LogP contribution in [0.4, 0.5) is 0 Å². The molecule has 0 N–H and O–H groups in total. The van der Waals surface area contributed by atoms with Crippen molar-refractivity contribution >= 4 is 29.9 Å². The summed E-state index contributed by atoms with van der Waals surface area (Å²) in [7, 11) is -2.14. The van der Waals surface area contributed by atoms with E-state index in [4.69, 9.17) is 0 Å². The van der Waals surface area contributed by atoms with Crippen LogP contribution in [0.2, 0.25) is 6.04 Å². The third kappa shape index (κ3) is 4.17. The van der Waals surface area contributed by atoms with Crippen LogP contribution in [0.25, 0.3) is 0 Å². The third-order valence-electron chi connectivity index (χ3n) is 5.87. The van der Waals surface area contributed by atoms with Gasteiger partial charge in [-0.25, -0.2) is 0 Å². The Balaban J connectivity index is 0.000000586. The molecule has 0 saturated heterocycles. The van der Waals surface area contributed by atoms with E-state index in [1.54, 1.807) is 0 Å². The minimum atomic E-state index is -2.14. The number of hydrogen-bond donors (Lipinski definition) is 0. The Hall–Kier alpha value is -2.45. The van der Waals surface area contributed by atoms with Crippen LogP contribution < -0.4 is 15.6 Å². The molecule has 142 valence electrons. The van der Waals surface area contributed by atoms with E-state index in [0.29, 0.717) is 5.92 Å². The Morgan fingerprint density at radius 1 is 0.679 bits per heavy atom. The van der Waals surface area contributed by atoms with Gasteiger partial charge in [-0.05, 0) is 33.9 Å². The number of aldehydes is 1. The van der Waals surface area contributed by atoms with Gasteiger partial charge < -0.3 is 4.79 Å². The lowest BCUT2D eigenvalue weighted by atomic mass is 10.3. The van der Waals surface area contributed by atoms with Crippen molar-refractivity contribution in [2.24, 2.45) is 11.8 Å². The molecule has 0 spiro atoms. The molecular weight excluding hydrogens is 356 g/mol. The second-order valence-corrected chi connectivity index (χ2v) is 12.0. The molecule has 2 saturated carbocycles. The van der Waals surface area contributed by atoms with Crippen LogP contribution in [-0.4, -0.2) is 14.4 Å². The smallest absolute Gasteiger partial charge is 0.148 e. The normalized spacial score (nSPS) is 19.9. The van der Waals surface area contributed by atoms with Crippen LogP contribution in [0, 0.1) is 11.8 Å². The maximum atomic E-state index is 11.3. The molecule has 0 aromatic heterocycles. The number of hydrogen-bond acceptors (Lipinski definition) is 1. The molecule has 0 heterocycles. The molecule has 28 heavy (non-hydrogen) atoms. The minimum absolute atomic E-state index is 0.253. The lowest BCUT2D eigenvalue weighted by Gasteiger charge is -2.34. The zero-order valence-corrected chi connectivity index (χ0v) is 17.3. The number of carbonyl (C=O) groups is 1. The van der Waals surface area contributed by atoms with Gasteiger partial charge in [-0.3, -0.25) is 0 Å². The quantitative estimate of drug-likeness (QED) is 0.354. The summed E-state index contributed by atoms with van der Waals surface area (Å²) in [6.45, 7) is 0. The van der Waals surface area contributed by atoms with Gasteiger partial charge in [0.05, 0.1) is 0 Å². The Kier molecular flexibility index (Phi) is 5.87. The highest BCUT2D eigenvalue weighted by Crippen LogP contribution is 2.42. The van der Waals surface area contributed by atoms with E-state index >= 15 is 0 Å². The molecule has 0 aliphatic heterocycles. The molecule has 5 rings (SSSR count). The lowest BCUT2D eigenvalue weighted by Crippen LogP contribution is -2.67. The fourth-order valence-corrected chi connectivity index (χ4v) is 9.33. The Labute approximate surface area is 169 Å². The zero-order valence-electron chi connectivity index (χ0n) is 16.3. The molecule has 3 aromatic carbocycles. The van der Waals surface area contributed by atoms with Crippen molar-refractivity contribution in [3.05, 3.63) is 91.0 Å². The van der Waals surface area contributed by atoms with Gasteiger partial charge in [-0.1, -0.05) is 110 Å². The zero-order chi connectivity index (χ0) is 19.2. The van der Waals surface area contributed by atoms with Crippen LogP contribution in [0.1, 0.15) is 25.7 Å². The highest BCUT2D eigenvalue weighted by Gasteiger charge is 2.47. The van der Waals surface area contributed by atoms with Gasteiger partial charge in [0.15, 0.2) is 0 Å². The van der Waals surface area contributed by atoms with Crippen molar-refractivity contribution in [2.45, 2.75) is 31.7 Å². The standard InChI is InChI=1S/C23H22OSi.C3H6/c24-17-19-16-20(19)18-25(21-10-4-1-5-11-21,22-12-6-2-7-13-22)23-14-8-3-9-15-23;1-2-3-1/h1-15,17,19-20H,16,18H2;1-3H2/t19-,20-;/m1./s1. The predicted molar refractivity (Wildman–Crippen MR) is 120 cm³/mol. The van der Waals surface area contributed by atoms with Crippen LogP contribution in [0.5, 0.6) is 0 Å². The van der Waals surface area contributed by atoms with E-state index in [9.17, 15) is 4.79 Å². The van der Waals surface area contributed by atoms with Crippen LogP contribution in [0.15, 0.2) is 91.0 Å². The van der Waals surface area contributed by atoms with Gasteiger partial charge in [0.1, 0.15) is 14.4 Å². The molecule has 0 amide bonds. The summed E-state index contributed by atoms with van der Waals surface area (Å²) in [5.41, 5.74) is 0. The monoisotopic (exact) mass is 384 g/mol. The van der Waals surface area contributed by atoms with Gasteiger partial charge in [0.25, 0.3) is 0 Å². The van der Waals surface area contributed by atoms with Crippen molar-refractivity contribution in [3.8, 4) is 0 Å². The maximum Gasteiger partial charge on any atom is 0.148 e. The van der Waals surface area contributed by atoms with Crippen molar-refractivity contribution in [2.75, 3.05) is 0 Å². The summed E-state index contributed by atoms with van der Waals surface area (Å²) in [6, 6.07) is 33.9. The molecule has 2 atom stereocenters. The van der Waals surface area contributed by atoms with Gasteiger partial charge in [-0.2, -0.15) is 0 Å². The summed E-state index contributed by atoms with van der Waals surface area (Å²) in [5, 5.41) is 4.30. The molecule has 1 nitrogen and oxygen atoms in total. The van der Waals surface area contributed by atoms with Gasteiger partial charge >= 0.3 is 0 Å². The second kappa shape index (κ2) is 8.70. The van der Waals surface area contributed by atoms with Crippen LogP contribution in [-0.2, 0) is 4.79 Å². The van der Waals surface area contributed by atoms with E-state index < -0.39 is 8.07 Å². The molecule has 0 unspecified atom stereocenters. The molecule has 2 aliphatic rings. The average molecular weight is 385 g/mol. The van der Waals surface area contributed by atoms with Gasteiger partial charge in [0, 0.05) is 5.92 Å². The molecule has 2 fully saturated rings. The Morgan fingerprint density at radius 2 is 1.07 bits per heavy atom. The van der Waals surface area contributed by atoms with Crippen LogP contribution >= 0.6 is 0 Å². The summed E-state index contributed by atoms with van der Waals surface area (Å²) in [5.74, 6) is 0.771. The predicted octanol–water partition coefficient (Wildman–Crippen LogP) is 4.16. The molecule has 2 aliphatic carbocycles. The molecule has 2 heteroatoms. The lowest BCUT2D eigenvalue weighted by molar-refractivity contribution is -0.109. The largest absolute Gasteiger partial charge is 0.303 e. The average Bonchev–Trinajstić information content (AvgIpc) is 3.69. The highest BCUT2D eigenvalue weighted by molar-refractivity contribution is 7.11. The minimum Gasteiger partial charge on any atom is -0.303 e. The fourth-order valence-electron chi connectivity index (χ4n) is 4.09. The first-order chi connectivity index (χ1) is 13.8. The first-order valence-corrected chi connectivity index (χ1v) is 12.7. The van der Waals surface area contributed by atoms with Crippen molar-refractivity contribution in [3.63, 3.8) is 0 Å². The van der Waals surface area contributed by atoms with Gasteiger partial charge in [-0.15, -0.1) is 0 Å². The van der Waals surface area contributed by atoms with Crippen molar-refractivity contribution in [1.82, 2.24) is 0 Å². The number of carbonyl (C=O) groups excluding carboxylic acids is 1. The Morgan fingerprint density at radius 3 is 1.36 bits per heavy atom. The summed E-state index contributed by atoms with van der Waals surface area (Å²) < 4.78 is 0. The SMILES string of the molecule is C1CC1.O=C[C@H]1C[C@@H]1C[Si](c1ccccc1)(c1ccccc1)c1ccccc1. The highest BCUT2D eigenvalue weighted by atomic mass is 28.3. The molecular formula is C26H28OSi.